The number of anilines is 2. The first-order valence-corrected chi connectivity index (χ1v) is 9.61. The second kappa shape index (κ2) is 8.69. The van der Waals surface area contributed by atoms with E-state index in [1.807, 2.05) is 70.2 Å². The normalized spacial score (nSPS) is 10.5. The van der Waals surface area contributed by atoms with Crippen LogP contribution in [0.1, 0.15) is 44.3 Å². The molecule has 0 saturated heterocycles. The highest BCUT2D eigenvalue weighted by atomic mass is 16.2. The molecule has 0 bridgehead atoms. The number of nitrogens with one attached hydrogen (secondary N) is 1. The van der Waals surface area contributed by atoms with Gasteiger partial charge in [0.25, 0.3) is 11.8 Å². The SMILES string of the molecule is CCN(C(=O)c1cncc(C(=O)Nc2cc(C)ccc2C)c1)c1cccc(C)c1. The summed E-state index contributed by atoms with van der Waals surface area (Å²) < 4.78 is 0. The summed E-state index contributed by atoms with van der Waals surface area (Å²) >= 11 is 0. The van der Waals surface area contributed by atoms with Crippen LogP contribution in [-0.4, -0.2) is 23.3 Å². The molecule has 29 heavy (non-hydrogen) atoms. The number of hydrogen-bond donors (Lipinski definition) is 1. The van der Waals surface area contributed by atoms with Crippen LogP contribution >= 0.6 is 0 Å². The minimum absolute atomic E-state index is 0.188. The molecule has 5 nitrogen and oxygen atoms in total. The Kier molecular flexibility index (Phi) is 6.07. The maximum Gasteiger partial charge on any atom is 0.259 e. The van der Waals surface area contributed by atoms with Crippen molar-refractivity contribution in [1.82, 2.24) is 4.98 Å². The van der Waals surface area contributed by atoms with E-state index < -0.39 is 0 Å². The molecule has 5 heteroatoms. The number of carbonyl (C=O) groups is 2. The van der Waals surface area contributed by atoms with Crippen molar-refractivity contribution in [3.63, 3.8) is 0 Å². The van der Waals surface area contributed by atoms with Gasteiger partial charge in [-0.25, -0.2) is 0 Å². The van der Waals surface area contributed by atoms with Crippen LogP contribution < -0.4 is 10.2 Å². The quantitative estimate of drug-likeness (QED) is 0.675. The lowest BCUT2D eigenvalue weighted by atomic mass is 10.1. The highest BCUT2D eigenvalue weighted by Crippen LogP contribution is 2.20. The number of amides is 2. The average Bonchev–Trinajstić information content (AvgIpc) is 2.71. The molecule has 2 aromatic carbocycles. The van der Waals surface area contributed by atoms with E-state index in [-0.39, 0.29) is 11.8 Å². The predicted octanol–water partition coefficient (Wildman–Crippen LogP) is 4.93. The van der Waals surface area contributed by atoms with Crippen LogP contribution in [0.2, 0.25) is 0 Å². The van der Waals surface area contributed by atoms with Gasteiger partial charge in [0.2, 0.25) is 0 Å². The maximum atomic E-state index is 13.1. The van der Waals surface area contributed by atoms with Gasteiger partial charge in [-0.05, 0) is 68.7 Å². The smallest absolute Gasteiger partial charge is 0.259 e. The van der Waals surface area contributed by atoms with Crippen molar-refractivity contribution in [2.75, 3.05) is 16.8 Å². The van der Waals surface area contributed by atoms with Crippen molar-refractivity contribution in [2.24, 2.45) is 0 Å². The number of aryl methyl sites for hydroxylation is 3. The zero-order valence-electron chi connectivity index (χ0n) is 17.2. The molecule has 1 aromatic heterocycles. The van der Waals surface area contributed by atoms with E-state index in [4.69, 9.17) is 0 Å². The van der Waals surface area contributed by atoms with E-state index in [9.17, 15) is 9.59 Å². The highest BCUT2D eigenvalue weighted by molar-refractivity contribution is 6.09. The molecular formula is C24H25N3O2. The molecule has 2 amide bonds. The van der Waals surface area contributed by atoms with Crippen molar-refractivity contribution >= 4 is 23.2 Å². The number of benzene rings is 2. The molecule has 0 spiro atoms. The van der Waals surface area contributed by atoms with Gasteiger partial charge in [-0.3, -0.25) is 14.6 Å². The standard InChI is InChI=1S/C24H25N3O2/c1-5-27(21-8-6-7-16(2)11-21)24(29)20-13-19(14-25-15-20)23(28)26-22-12-17(3)9-10-18(22)4/h6-15H,5H2,1-4H3,(H,26,28). The van der Waals surface area contributed by atoms with Crippen LogP contribution in [0.15, 0.2) is 60.9 Å². The molecule has 1 heterocycles. The minimum Gasteiger partial charge on any atom is -0.322 e. The lowest BCUT2D eigenvalue weighted by Crippen LogP contribution is -2.31. The van der Waals surface area contributed by atoms with E-state index >= 15 is 0 Å². The Morgan fingerprint density at radius 2 is 1.66 bits per heavy atom. The molecule has 0 aliphatic carbocycles. The van der Waals surface area contributed by atoms with E-state index in [1.165, 1.54) is 12.4 Å². The third-order valence-corrected chi connectivity index (χ3v) is 4.76. The van der Waals surface area contributed by atoms with Crippen molar-refractivity contribution in [2.45, 2.75) is 27.7 Å². The van der Waals surface area contributed by atoms with Gasteiger partial charge < -0.3 is 10.2 Å². The zero-order chi connectivity index (χ0) is 21.0. The fraction of sp³-hybridized carbons (Fsp3) is 0.208. The highest BCUT2D eigenvalue weighted by Gasteiger charge is 2.18. The molecule has 3 aromatic rings. The summed E-state index contributed by atoms with van der Waals surface area (Å²) in [5.74, 6) is -0.480. The van der Waals surface area contributed by atoms with Crippen LogP contribution in [0.4, 0.5) is 11.4 Å². The fourth-order valence-corrected chi connectivity index (χ4v) is 3.14. The summed E-state index contributed by atoms with van der Waals surface area (Å²) in [6.45, 7) is 8.34. The summed E-state index contributed by atoms with van der Waals surface area (Å²) in [6, 6.07) is 15.3. The molecule has 0 saturated carbocycles. The van der Waals surface area contributed by atoms with Crippen molar-refractivity contribution < 1.29 is 9.59 Å². The topological polar surface area (TPSA) is 62.3 Å². The molecule has 0 atom stereocenters. The number of rotatable bonds is 5. The molecule has 0 aliphatic heterocycles. The van der Waals surface area contributed by atoms with Crippen LogP contribution in [-0.2, 0) is 0 Å². The Labute approximate surface area is 171 Å². The number of nitrogens with zero attached hydrogens (tertiary/aromatic N) is 2. The predicted molar refractivity (Wildman–Crippen MR) is 117 cm³/mol. The van der Waals surface area contributed by atoms with Gasteiger partial charge >= 0.3 is 0 Å². The molecular weight excluding hydrogens is 362 g/mol. The van der Waals surface area contributed by atoms with E-state index in [0.717, 1.165) is 28.1 Å². The number of carbonyl (C=O) groups excluding carboxylic acids is 2. The summed E-state index contributed by atoms with van der Waals surface area (Å²) in [6.07, 6.45) is 2.97. The Morgan fingerprint density at radius 1 is 0.931 bits per heavy atom. The van der Waals surface area contributed by atoms with Gasteiger partial charge in [0, 0.05) is 30.3 Å². The number of hydrogen-bond acceptors (Lipinski definition) is 3. The first kappa shape index (κ1) is 20.3. The largest absolute Gasteiger partial charge is 0.322 e. The van der Waals surface area contributed by atoms with Crippen molar-refractivity contribution in [3.05, 3.63) is 88.7 Å². The van der Waals surface area contributed by atoms with Crippen LogP contribution in [0.3, 0.4) is 0 Å². The molecule has 0 aliphatic rings. The Bertz CT molecular complexity index is 1060. The Morgan fingerprint density at radius 3 is 2.38 bits per heavy atom. The monoisotopic (exact) mass is 387 g/mol. The van der Waals surface area contributed by atoms with Crippen LogP contribution in [0.25, 0.3) is 0 Å². The van der Waals surface area contributed by atoms with Crippen LogP contribution in [0.5, 0.6) is 0 Å². The average molecular weight is 387 g/mol. The van der Waals surface area contributed by atoms with E-state index in [1.54, 1.807) is 11.0 Å². The van der Waals surface area contributed by atoms with Crippen molar-refractivity contribution in [1.29, 1.82) is 0 Å². The third kappa shape index (κ3) is 4.69. The van der Waals surface area contributed by atoms with Gasteiger partial charge in [-0.1, -0.05) is 24.3 Å². The summed E-state index contributed by atoms with van der Waals surface area (Å²) in [5, 5.41) is 2.91. The van der Waals surface area contributed by atoms with Crippen LogP contribution in [0, 0.1) is 20.8 Å². The summed E-state index contributed by atoms with van der Waals surface area (Å²) in [4.78, 5) is 31.6. The fourth-order valence-electron chi connectivity index (χ4n) is 3.14. The lowest BCUT2D eigenvalue weighted by Gasteiger charge is -2.21. The first-order valence-electron chi connectivity index (χ1n) is 9.61. The van der Waals surface area contributed by atoms with Gasteiger partial charge in [0.15, 0.2) is 0 Å². The Balaban J connectivity index is 1.85. The van der Waals surface area contributed by atoms with Gasteiger partial charge in [0.1, 0.15) is 0 Å². The zero-order valence-corrected chi connectivity index (χ0v) is 17.2. The summed E-state index contributed by atoms with van der Waals surface area (Å²) in [5.41, 5.74) is 5.41. The molecule has 3 rings (SSSR count). The number of pyridine rings is 1. The Hall–Kier alpha value is -3.47. The molecule has 0 radical (unpaired) electrons. The van der Waals surface area contributed by atoms with E-state index in [2.05, 4.69) is 10.3 Å². The van der Waals surface area contributed by atoms with Gasteiger partial charge in [-0.2, -0.15) is 0 Å². The maximum absolute atomic E-state index is 13.1. The number of aromatic nitrogens is 1. The third-order valence-electron chi connectivity index (χ3n) is 4.76. The van der Waals surface area contributed by atoms with Crippen molar-refractivity contribution in [3.8, 4) is 0 Å². The summed E-state index contributed by atoms with van der Waals surface area (Å²) in [7, 11) is 0. The molecule has 148 valence electrons. The van der Waals surface area contributed by atoms with Gasteiger partial charge in [0.05, 0.1) is 11.1 Å². The lowest BCUT2D eigenvalue weighted by molar-refractivity contribution is 0.0988. The minimum atomic E-state index is -0.292. The second-order valence-corrected chi connectivity index (χ2v) is 7.12. The molecule has 1 N–H and O–H groups in total. The molecule has 0 unspecified atom stereocenters. The van der Waals surface area contributed by atoms with Gasteiger partial charge in [-0.15, -0.1) is 0 Å². The first-order chi connectivity index (χ1) is 13.9. The molecule has 0 fully saturated rings. The van der Waals surface area contributed by atoms with E-state index in [0.29, 0.717) is 17.7 Å². The second-order valence-electron chi connectivity index (χ2n) is 7.12.